The first kappa shape index (κ1) is 29.8. The summed E-state index contributed by atoms with van der Waals surface area (Å²) in [6, 6.07) is 13.4. The van der Waals surface area contributed by atoms with Crippen molar-refractivity contribution in [3.8, 4) is 45.6 Å². The molecule has 3 aliphatic heterocycles. The van der Waals surface area contributed by atoms with Gasteiger partial charge >= 0.3 is 5.97 Å². The molecule has 3 aliphatic rings. The monoisotopic (exact) mass is 611 g/mol. The van der Waals surface area contributed by atoms with Gasteiger partial charge in [-0.2, -0.15) is 0 Å². The van der Waals surface area contributed by atoms with Crippen molar-refractivity contribution in [1.82, 2.24) is 5.32 Å². The van der Waals surface area contributed by atoms with Crippen LogP contribution in [0.3, 0.4) is 0 Å². The molecular formula is C31H33NO12. The lowest BCUT2D eigenvalue weighted by Gasteiger charge is -2.45. The van der Waals surface area contributed by atoms with Gasteiger partial charge in [-0.25, -0.2) is 4.79 Å². The molecule has 3 aromatic carbocycles. The summed E-state index contributed by atoms with van der Waals surface area (Å²) in [5.41, 5.74) is 0.379. The molecule has 0 radical (unpaired) electrons. The van der Waals surface area contributed by atoms with Crippen LogP contribution in [-0.4, -0.2) is 96.1 Å². The summed E-state index contributed by atoms with van der Waals surface area (Å²) in [6.45, 7) is -0.148. The van der Waals surface area contributed by atoms with Crippen molar-refractivity contribution in [3.63, 3.8) is 0 Å². The number of aliphatic hydroxyl groups excluding tert-OH is 3. The highest BCUT2D eigenvalue weighted by molar-refractivity contribution is 5.79. The third-order valence-electron chi connectivity index (χ3n) is 8.33. The van der Waals surface area contributed by atoms with E-state index in [1.54, 1.807) is 36.4 Å². The number of rotatable bonds is 8. The normalized spacial score (nSPS) is 28.5. The lowest BCUT2D eigenvalue weighted by molar-refractivity contribution is -0.305. The third-order valence-corrected chi connectivity index (χ3v) is 8.33. The first-order valence-corrected chi connectivity index (χ1v) is 13.9. The van der Waals surface area contributed by atoms with E-state index in [9.17, 15) is 30.3 Å². The van der Waals surface area contributed by atoms with Crippen LogP contribution in [-0.2, 0) is 9.53 Å². The minimum absolute atomic E-state index is 0.0133. The van der Waals surface area contributed by atoms with Gasteiger partial charge in [-0.15, -0.1) is 0 Å². The van der Waals surface area contributed by atoms with E-state index >= 15 is 0 Å². The number of hydrogen-bond donors (Lipinski definition) is 6. The number of benzene rings is 3. The summed E-state index contributed by atoms with van der Waals surface area (Å²) < 4.78 is 35.5. The highest BCUT2D eigenvalue weighted by Crippen LogP contribution is 2.58. The fourth-order valence-electron chi connectivity index (χ4n) is 6.17. The van der Waals surface area contributed by atoms with E-state index in [0.29, 0.717) is 39.7 Å². The van der Waals surface area contributed by atoms with Crippen LogP contribution >= 0.6 is 0 Å². The maximum Gasteiger partial charge on any atom is 0.340 e. The van der Waals surface area contributed by atoms with Gasteiger partial charge in [-0.1, -0.05) is 18.2 Å². The average molecular weight is 612 g/mol. The first-order chi connectivity index (χ1) is 21.1. The van der Waals surface area contributed by atoms with Crippen LogP contribution in [0, 0.1) is 0 Å². The van der Waals surface area contributed by atoms with Crippen molar-refractivity contribution >= 4 is 5.97 Å². The molecule has 0 bridgehead atoms. The van der Waals surface area contributed by atoms with Crippen molar-refractivity contribution < 1.29 is 58.7 Å². The second-order valence-corrected chi connectivity index (χ2v) is 10.9. The molecular weight excluding hydrogens is 578 g/mol. The number of phenols is 1. The molecule has 3 aromatic rings. The van der Waals surface area contributed by atoms with Crippen LogP contribution in [0.25, 0.3) is 11.1 Å². The smallest absolute Gasteiger partial charge is 0.340 e. The number of aromatic hydroxyl groups is 1. The van der Waals surface area contributed by atoms with Gasteiger partial charge in [0.05, 0.1) is 26.7 Å². The van der Waals surface area contributed by atoms with Gasteiger partial charge < -0.3 is 59.3 Å². The lowest BCUT2D eigenvalue weighted by Crippen LogP contribution is -2.71. The van der Waals surface area contributed by atoms with E-state index < -0.39 is 42.3 Å². The number of aliphatic hydroxyl groups is 3. The van der Waals surface area contributed by atoms with E-state index in [1.807, 2.05) is 6.07 Å². The van der Waals surface area contributed by atoms with Crippen molar-refractivity contribution in [2.24, 2.45) is 0 Å². The molecule has 1 saturated heterocycles. The Kier molecular flexibility index (Phi) is 7.68. The molecule has 13 nitrogen and oxygen atoms in total. The van der Waals surface area contributed by atoms with Crippen LogP contribution < -0.4 is 29.0 Å². The molecule has 6 rings (SSSR count). The van der Waals surface area contributed by atoms with Gasteiger partial charge in [-0.05, 0) is 42.4 Å². The number of fused-ring (bicyclic) bond motifs is 5. The Morgan fingerprint density at radius 2 is 1.86 bits per heavy atom. The molecule has 0 aliphatic carbocycles. The summed E-state index contributed by atoms with van der Waals surface area (Å²) >= 11 is 0. The zero-order valence-corrected chi connectivity index (χ0v) is 24.1. The maximum absolute atomic E-state index is 12.2. The van der Waals surface area contributed by atoms with Crippen LogP contribution in [0.2, 0.25) is 0 Å². The predicted octanol–water partition coefficient (Wildman–Crippen LogP) is 1.55. The molecule has 234 valence electrons. The molecule has 3 heterocycles. The van der Waals surface area contributed by atoms with E-state index in [-0.39, 0.29) is 30.6 Å². The highest BCUT2D eigenvalue weighted by atomic mass is 16.7. The number of methoxy groups -OCH3 is 2. The molecule has 0 spiro atoms. The van der Waals surface area contributed by atoms with Crippen molar-refractivity contribution in [2.45, 2.75) is 42.2 Å². The summed E-state index contributed by atoms with van der Waals surface area (Å²) in [5.74, 6) is 0.227. The molecule has 0 aromatic heterocycles. The largest absolute Gasteiger partial charge is 0.508 e. The van der Waals surface area contributed by atoms with Gasteiger partial charge in [0, 0.05) is 23.7 Å². The molecule has 0 saturated carbocycles. The highest BCUT2D eigenvalue weighted by Gasteiger charge is 2.59. The second kappa shape index (κ2) is 11.3. The molecule has 44 heavy (non-hydrogen) atoms. The minimum Gasteiger partial charge on any atom is -0.508 e. The van der Waals surface area contributed by atoms with E-state index in [4.69, 9.17) is 28.4 Å². The molecule has 6 N–H and O–H groups in total. The van der Waals surface area contributed by atoms with Crippen molar-refractivity contribution in [1.29, 1.82) is 0 Å². The Hall–Kier alpha value is -4.27. The summed E-state index contributed by atoms with van der Waals surface area (Å²) in [6.07, 6.45) is -7.85. The lowest BCUT2D eigenvalue weighted by atomic mass is 9.85. The number of likely N-dealkylation sites (N-methyl/N-ethyl adjacent to an activating group) is 1. The number of carboxylic acids is 1. The second-order valence-electron chi connectivity index (χ2n) is 10.9. The summed E-state index contributed by atoms with van der Waals surface area (Å²) in [4.78, 5) is 12.2. The molecule has 1 fully saturated rings. The number of nitrogens with one attached hydrogen (secondary N) is 1. The number of aliphatic carboxylic acids is 1. The Labute approximate surface area is 252 Å². The minimum atomic E-state index is -2.31. The van der Waals surface area contributed by atoms with E-state index in [0.717, 1.165) is 5.56 Å². The summed E-state index contributed by atoms with van der Waals surface area (Å²) in [5, 5.41) is 54.8. The average Bonchev–Trinajstić information content (AvgIpc) is 3.40. The van der Waals surface area contributed by atoms with Crippen LogP contribution in [0.15, 0.2) is 48.5 Å². The number of hydrogen-bond acceptors (Lipinski definition) is 12. The van der Waals surface area contributed by atoms with E-state index in [2.05, 4.69) is 5.32 Å². The van der Waals surface area contributed by atoms with Gasteiger partial charge in [-0.3, -0.25) is 0 Å². The van der Waals surface area contributed by atoms with Crippen molar-refractivity contribution in [2.75, 3.05) is 34.4 Å². The first-order valence-electron chi connectivity index (χ1n) is 13.9. The van der Waals surface area contributed by atoms with Crippen LogP contribution in [0.4, 0.5) is 0 Å². The Bertz CT molecular complexity index is 1580. The van der Waals surface area contributed by atoms with Crippen LogP contribution in [0.5, 0.6) is 34.5 Å². The number of carboxylic acid groups (broad SMARTS) is 1. The zero-order valence-electron chi connectivity index (χ0n) is 24.1. The fraction of sp³-hybridized carbons (Fsp3) is 0.387. The predicted molar refractivity (Wildman–Crippen MR) is 153 cm³/mol. The number of phenolic OH excluding ortho intramolecular Hbond substituents is 1. The Morgan fingerprint density at radius 1 is 1.07 bits per heavy atom. The molecule has 0 amide bonds. The molecule has 7 atom stereocenters. The number of carbonyl (C=O) groups is 1. The van der Waals surface area contributed by atoms with E-state index in [1.165, 1.54) is 27.3 Å². The number of ether oxygens (including phenoxy) is 6. The van der Waals surface area contributed by atoms with Gasteiger partial charge in [0.25, 0.3) is 0 Å². The zero-order chi connectivity index (χ0) is 31.3. The van der Waals surface area contributed by atoms with Gasteiger partial charge in [0.2, 0.25) is 17.6 Å². The quantitative estimate of drug-likeness (QED) is 0.216. The Balaban J connectivity index is 1.43. The standard InChI is InChI=1S/C31H33NO12/c1-32-13-31(30(37)38)28(36)23(34)24(35)29(44-31)42-16-10-18(14-5-4-6-15(33)9-14)22-21(11-16)41-12-19-17-7-8-20(39-2)27(40-3)26(17)43-25(19)22/h4-11,19,23-25,28-29,32-36H,12-13H2,1-3H3,(H,37,38). The fourth-order valence-corrected chi connectivity index (χ4v) is 6.17. The molecule has 7 unspecified atom stereocenters. The van der Waals surface area contributed by atoms with Gasteiger partial charge in [0.15, 0.2) is 11.5 Å². The summed E-state index contributed by atoms with van der Waals surface area (Å²) in [7, 11) is 4.53. The maximum atomic E-state index is 12.2. The molecule has 13 heteroatoms. The topological polar surface area (TPSA) is 186 Å². The van der Waals surface area contributed by atoms with Gasteiger partial charge in [0.1, 0.15) is 41.7 Å². The Morgan fingerprint density at radius 3 is 2.55 bits per heavy atom. The third kappa shape index (κ3) is 4.64. The van der Waals surface area contributed by atoms with Crippen molar-refractivity contribution in [3.05, 3.63) is 59.7 Å². The SMILES string of the molecule is CNCC1(C(=O)O)OC(Oc2cc3c(c(-c4cccc(O)c4)c2)C2Oc4c(ccc(OC)c4OC)C2CO3)C(O)C(O)C1O. The van der Waals surface area contributed by atoms with Crippen LogP contribution in [0.1, 0.15) is 23.1 Å².